The quantitative estimate of drug-likeness (QED) is 0.535. The molecule has 0 bridgehead atoms. The van der Waals surface area contributed by atoms with Gasteiger partial charge in [0, 0.05) is 22.7 Å². The predicted molar refractivity (Wildman–Crippen MR) is 97.4 cm³/mol. The van der Waals surface area contributed by atoms with Crippen LogP contribution in [0.4, 0.5) is 13.6 Å². The highest BCUT2D eigenvalue weighted by Gasteiger charge is 2.30. The van der Waals surface area contributed by atoms with Gasteiger partial charge in [0.1, 0.15) is 17.0 Å². The number of carbonyl (C=O) groups is 2. The van der Waals surface area contributed by atoms with E-state index in [1.807, 2.05) is 0 Å². The summed E-state index contributed by atoms with van der Waals surface area (Å²) in [6.45, 7) is 5.83. The minimum Gasteiger partial charge on any atom is -0.444 e. The highest BCUT2D eigenvalue weighted by atomic mass is 127. The van der Waals surface area contributed by atoms with Gasteiger partial charge < -0.3 is 15.0 Å². The van der Waals surface area contributed by atoms with Crippen LogP contribution in [0.25, 0.3) is 0 Å². The zero-order chi connectivity index (χ0) is 18.8. The Morgan fingerprint density at radius 1 is 1.32 bits per heavy atom. The fraction of sp³-hybridized carbons (Fsp3) is 0.529. The number of likely N-dealkylation sites (tertiary alicyclic amines) is 1. The van der Waals surface area contributed by atoms with E-state index in [9.17, 15) is 18.4 Å². The molecule has 1 aromatic carbocycles. The van der Waals surface area contributed by atoms with Crippen molar-refractivity contribution in [1.82, 2.24) is 10.2 Å². The third kappa shape index (κ3) is 5.26. The van der Waals surface area contributed by atoms with E-state index in [-0.39, 0.29) is 16.2 Å². The maximum Gasteiger partial charge on any atom is 0.407 e. The second-order valence-corrected chi connectivity index (χ2v) is 8.12. The summed E-state index contributed by atoms with van der Waals surface area (Å²) in [6.07, 6.45) is 0.720. The number of carbonyl (C=O) groups excluding carboxylic acids is 2. The van der Waals surface area contributed by atoms with Crippen LogP contribution in [0, 0.1) is 15.2 Å². The number of benzene rings is 1. The third-order valence-electron chi connectivity index (χ3n) is 3.69. The molecule has 1 unspecified atom stereocenters. The van der Waals surface area contributed by atoms with E-state index in [0.717, 1.165) is 6.07 Å². The number of nitrogens with one attached hydrogen (secondary N) is 1. The van der Waals surface area contributed by atoms with Gasteiger partial charge in [0.05, 0.1) is 0 Å². The summed E-state index contributed by atoms with van der Waals surface area (Å²) in [5.41, 5.74) is -1.17. The van der Waals surface area contributed by atoms with Gasteiger partial charge in [0.25, 0.3) is 5.91 Å². The van der Waals surface area contributed by atoms with Gasteiger partial charge in [0.2, 0.25) is 0 Å². The molecule has 1 saturated heterocycles. The first-order chi connectivity index (χ1) is 11.6. The lowest BCUT2D eigenvalue weighted by Gasteiger charge is -2.33. The molecular weight excluding hydrogens is 445 g/mol. The monoisotopic (exact) mass is 466 g/mol. The molecule has 1 N–H and O–H groups in total. The molecular formula is C17H21F2IN2O3. The van der Waals surface area contributed by atoms with Gasteiger partial charge in [0.15, 0.2) is 5.82 Å². The fourth-order valence-corrected chi connectivity index (χ4v) is 3.08. The number of rotatable bonds is 2. The second kappa shape index (κ2) is 7.84. The lowest BCUT2D eigenvalue weighted by Crippen LogP contribution is -2.50. The number of amides is 2. The van der Waals surface area contributed by atoms with E-state index >= 15 is 0 Å². The number of nitrogens with zero attached hydrogens (tertiary/aromatic N) is 1. The van der Waals surface area contributed by atoms with Crippen molar-refractivity contribution in [3.8, 4) is 0 Å². The van der Waals surface area contributed by atoms with Crippen LogP contribution < -0.4 is 5.32 Å². The normalized spacial score (nSPS) is 18.0. The molecule has 0 radical (unpaired) electrons. The van der Waals surface area contributed by atoms with E-state index in [4.69, 9.17) is 4.74 Å². The highest BCUT2D eigenvalue weighted by Crippen LogP contribution is 2.22. The summed E-state index contributed by atoms with van der Waals surface area (Å²) in [6, 6.07) is 2.05. The summed E-state index contributed by atoms with van der Waals surface area (Å²) < 4.78 is 33.5. The highest BCUT2D eigenvalue weighted by molar-refractivity contribution is 14.1. The Hall–Kier alpha value is -1.45. The van der Waals surface area contributed by atoms with Crippen LogP contribution in [0.5, 0.6) is 0 Å². The lowest BCUT2D eigenvalue weighted by atomic mass is 10.0. The van der Waals surface area contributed by atoms with E-state index in [2.05, 4.69) is 5.32 Å². The molecule has 1 atom stereocenters. The second-order valence-electron chi connectivity index (χ2n) is 6.95. The Kier molecular flexibility index (Phi) is 6.23. The maximum absolute atomic E-state index is 14.2. The van der Waals surface area contributed by atoms with Crippen LogP contribution in [0.1, 0.15) is 44.0 Å². The minimum atomic E-state index is -0.884. The lowest BCUT2D eigenvalue weighted by molar-refractivity contribution is 0.0450. The Balaban J connectivity index is 2.07. The van der Waals surface area contributed by atoms with Gasteiger partial charge >= 0.3 is 6.09 Å². The van der Waals surface area contributed by atoms with Gasteiger partial charge in [-0.1, -0.05) is 0 Å². The van der Waals surface area contributed by atoms with Gasteiger partial charge in [-0.25, -0.2) is 13.6 Å². The van der Waals surface area contributed by atoms with Crippen LogP contribution in [0.2, 0.25) is 0 Å². The zero-order valence-electron chi connectivity index (χ0n) is 14.4. The number of hydrogen-bond donors (Lipinski definition) is 1. The summed E-state index contributed by atoms with van der Waals surface area (Å²) >= 11 is 1.72. The van der Waals surface area contributed by atoms with Crippen LogP contribution in [0.15, 0.2) is 12.1 Å². The molecule has 1 aromatic rings. The maximum atomic E-state index is 14.2. The summed E-state index contributed by atoms with van der Waals surface area (Å²) in [7, 11) is 0. The van der Waals surface area contributed by atoms with Crippen LogP contribution >= 0.6 is 22.6 Å². The van der Waals surface area contributed by atoms with Crippen molar-refractivity contribution in [1.29, 1.82) is 0 Å². The van der Waals surface area contributed by atoms with Gasteiger partial charge in [-0.15, -0.1) is 0 Å². The number of halogens is 3. The molecule has 2 amide bonds. The predicted octanol–water partition coefficient (Wildman–Crippen LogP) is 3.70. The largest absolute Gasteiger partial charge is 0.444 e. The SMILES string of the molecule is CC(C)(C)OC(=O)NC1CCCN(C(=O)c2c(F)ccc(I)c2F)C1. The van der Waals surface area contributed by atoms with E-state index in [1.165, 1.54) is 11.0 Å². The van der Waals surface area contributed by atoms with Gasteiger partial charge in [-0.2, -0.15) is 0 Å². The molecule has 2 rings (SSSR count). The van der Waals surface area contributed by atoms with Crippen LogP contribution in [-0.2, 0) is 4.74 Å². The summed E-state index contributed by atoms with van der Waals surface area (Å²) in [5, 5.41) is 2.71. The van der Waals surface area contributed by atoms with Crippen molar-refractivity contribution < 1.29 is 23.1 Å². The van der Waals surface area contributed by atoms with Crippen LogP contribution in [0.3, 0.4) is 0 Å². The minimum absolute atomic E-state index is 0.183. The van der Waals surface area contributed by atoms with Crippen molar-refractivity contribution in [3.05, 3.63) is 32.9 Å². The first-order valence-electron chi connectivity index (χ1n) is 8.01. The topological polar surface area (TPSA) is 58.6 Å². The molecule has 25 heavy (non-hydrogen) atoms. The molecule has 0 saturated carbocycles. The average Bonchev–Trinajstić information content (AvgIpc) is 2.49. The van der Waals surface area contributed by atoms with Crippen molar-refractivity contribution in [2.45, 2.75) is 45.3 Å². The smallest absolute Gasteiger partial charge is 0.407 e. The fourth-order valence-electron chi connectivity index (χ4n) is 2.63. The number of piperidine rings is 1. The molecule has 138 valence electrons. The molecule has 1 fully saturated rings. The number of ether oxygens (including phenoxy) is 1. The van der Waals surface area contributed by atoms with E-state index < -0.39 is 34.8 Å². The number of alkyl carbamates (subject to hydrolysis) is 1. The van der Waals surface area contributed by atoms with Gasteiger partial charge in [-0.3, -0.25) is 4.79 Å². The van der Waals surface area contributed by atoms with Crippen molar-refractivity contribution in [3.63, 3.8) is 0 Å². The first kappa shape index (κ1) is 19.9. The summed E-state index contributed by atoms with van der Waals surface area (Å²) in [4.78, 5) is 25.8. The molecule has 0 spiro atoms. The molecule has 1 aliphatic rings. The number of hydrogen-bond acceptors (Lipinski definition) is 3. The first-order valence-corrected chi connectivity index (χ1v) is 9.08. The Morgan fingerprint density at radius 3 is 2.64 bits per heavy atom. The molecule has 0 aromatic heterocycles. The Labute approximate surface area is 159 Å². The van der Waals surface area contributed by atoms with Crippen molar-refractivity contribution >= 4 is 34.6 Å². The molecule has 1 aliphatic heterocycles. The molecule has 1 heterocycles. The van der Waals surface area contributed by atoms with Crippen LogP contribution in [-0.4, -0.2) is 41.6 Å². The molecule has 8 heteroatoms. The molecule has 0 aliphatic carbocycles. The van der Waals surface area contributed by atoms with Gasteiger partial charge in [-0.05, 0) is 68.3 Å². The standard InChI is InChI=1S/C17H21F2IN2O3/c1-17(2,3)25-16(24)21-10-5-4-8-22(9-10)15(23)13-11(18)6-7-12(20)14(13)19/h6-7,10H,4-5,8-9H2,1-3H3,(H,21,24). The van der Waals surface area contributed by atoms with E-state index in [1.54, 1.807) is 43.4 Å². The third-order valence-corrected chi connectivity index (χ3v) is 4.52. The van der Waals surface area contributed by atoms with Crippen molar-refractivity contribution in [2.75, 3.05) is 13.1 Å². The van der Waals surface area contributed by atoms with Crippen molar-refractivity contribution in [2.24, 2.45) is 0 Å². The molecule has 5 nitrogen and oxygen atoms in total. The Morgan fingerprint density at radius 2 is 2.00 bits per heavy atom. The van der Waals surface area contributed by atoms with E-state index in [0.29, 0.717) is 19.4 Å². The zero-order valence-corrected chi connectivity index (χ0v) is 16.5. The summed E-state index contributed by atoms with van der Waals surface area (Å²) in [5.74, 6) is -2.44. The average molecular weight is 466 g/mol. The Bertz CT molecular complexity index is 677.